The van der Waals surface area contributed by atoms with Gasteiger partial charge in [-0.25, -0.2) is 4.79 Å². The van der Waals surface area contributed by atoms with Gasteiger partial charge in [-0.2, -0.15) is 0 Å². The van der Waals surface area contributed by atoms with Crippen LogP contribution in [0.15, 0.2) is 0 Å². The van der Waals surface area contributed by atoms with Gasteiger partial charge in [-0.15, -0.1) is 0 Å². The van der Waals surface area contributed by atoms with E-state index in [1.165, 1.54) is 6.42 Å². The number of nitrogens with zero attached hydrogens (tertiary/aromatic N) is 2. The van der Waals surface area contributed by atoms with E-state index in [0.29, 0.717) is 6.61 Å². The van der Waals surface area contributed by atoms with Crippen molar-refractivity contribution in [1.82, 2.24) is 20.4 Å². The molecule has 35 heavy (non-hydrogen) atoms. The van der Waals surface area contributed by atoms with Gasteiger partial charge in [0.1, 0.15) is 11.6 Å². The van der Waals surface area contributed by atoms with Crippen LogP contribution in [-0.4, -0.2) is 90.5 Å². The van der Waals surface area contributed by atoms with Crippen molar-refractivity contribution in [3.8, 4) is 0 Å². The number of ether oxygens (including phenoxy) is 2. The topological polar surface area (TPSA) is 83.1 Å². The van der Waals surface area contributed by atoms with Crippen LogP contribution in [0.5, 0.6) is 0 Å². The van der Waals surface area contributed by atoms with Crippen molar-refractivity contribution in [2.24, 2.45) is 5.92 Å². The second kappa shape index (κ2) is 10.9. The maximum absolute atomic E-state index is 13.6. The SMILES string of the molecule is CCN1CCN(CC23CCC(NC(=O)C(NC(=O)OC(C)(C)C)C4CCCCC4)(CC2)CO3)CC1. The highest BCUT2D eigenvalue weighted by molar-refractivity contribution is 5.86. The van der Waals surface area contributed by atoms with Crippen LogP contribution in [-0.2, 0) is 14.3 Å². The minimum absolute atomic E-state index is 0.0710. The lowest BCUT2D eigenvalue weighted by Crippen LogP contribution is -2.67. The second-order valence-electron chi connectivity index (χ2n) is 12.5. The molecule has 200 valence electrons. The molecule has 2 bridgehead atoms. The molecule has 5 aliphatic rings. The molecule has 5 fully saturated rings. The Labute approximate surface area is 211 Å². The summed E-state index contributed by atoms with van der Waals surface area (Å²) in [7, 11) is 0. The van der Waals surface area contributed by atoms with Gasteiger partial charge in [0, 0.05) is 32.7 Å². The monoisotopic (exact) mass is 492 g/mol. The number of hydrogen-bond acceptors (Lipinski definition) is 6. The Kier molecular flexibility index (Phi) is 8.33. The lowest BCUT2D eigenvalue weighted by Gasteiger charge is -2.55. The zero-order valence-electron chi connectivity index (χ0n) is 22.5. The van der Waals surface area contributed by atoms with Crippen molar-refractivity contribution in [1.29, 1.82) is 0 Å². The highest BCUT2D eigenvalue weighted by Gasteiger charge is 2.52. The van der Waals surface area contributed by atoms with Gasteiger partial charge in [0.25, 0.3) is 0 Å². The third kappa shape index (κ3) is 6.89. The van der Waals surface area contributed by atoms with E-state index < -0.39 is 17.7 Å². The number of amides is 2. The third-order valence-corrected chi connectivity index (χ3v) is 8.66. The zero-order chi connectivity index (χ0) is 25.1. The zero-order valence-corrected chi connectivity index (χ0v) is 22.5. The molecule has 3 heterocycles. The average Bonchev–Trinajstić information content (AvgIpc) is 2.83. The van der Waals surface area contributed by atoms with E-state index in [4.69, 9.17) is 9.47 Å². The number of piperazine rings is 1. The van der Waals surface area contributed by atoms with E-state index in [9.17, 15) is 9.59 Å². The minimum Gasteiger partial charge on any atom is -0.444 e. The fourth-order valence-electron chi connectivity index (χ4n) is 6.44. The van der Waals surface area contributed by atoms with E-state index in [0.717, 1.165) is 90.6 Å². The van der Waals surface area contributed by atoms with Crippen molar-refractivity contribution in [2.75, 3.05) is 45.9 Å². The first-order chi connectivity index (χ1) is 16.6. The largest absolute Gasteiger partial charge is 0.444 e. The number of carbonyl (C=O) groups excluding carboxylic acids is 2. The summed E-state index contributed by atoms with van der Waals surface area (Å²) >= 11 is 0. The Hall–Kier alpha value is -1.38. The highest BCUT2D eigenvalue weighted by atomic mass is 16.6. The normalized spacial score (nSPS) is 31.7. The van der Waals surface area contributed by atoms with Gasteiger partial charge in [-0.1, -0.05) is 26.2 Å². The first-order valence-corrected chi connectivity index (χ1v) is 14.0. The first kappa shape index (κ1) is 26.7. The van der Waals surface area contributed by atoms with Crippen LogP contribution in [0.1, 0.15) is 85.5 Å². The molecule has 0 radical (unpaired) electrons. The maximum Gasteiger partial charge on any atom is 0.408 e. The summed E-state index contributed by atoms with van der Waals surface area (Å²) in [5.74, 6) is 0.0816. The molecule has 8 heteroatoms. The molecule has 5 rings (SSSR count). The molecule has 2 saturated carbocycles. The van der Waals surface area contributed by atoms with Gasteiger partial charge in [0.05, 0.1) is 17.7 Å². The number of carbonyl (C=O) groups is 2. The maximum atomic E-state index is 13.6. The summed E-state index contributed by atoms with van der Waals surface area (Å²) in [6.07, 6.45) is 8.68. The van der Waals surface area contributed by atoms with Crippen molar-refractivity contribution in [2.45, 2.75) is 108 Å². The fourth-order valence-corrected chi connectivity index (χ4v) is 6.44. The smallest absolute Gasteiger partial charge is 0.408 e. The molecular formula is C27H48N4O4. The van der Waals surface area contributed by atoms with Crippen LogP contribution in [0.25, 0.3) is 0 Å². The average molecular weight is 493 g/mol. The molecular weight excluding hydrogens is 444 g/mol. The molecule has 3 aliphatic heterocycles. The number of fused-ring (bicyclic) bond motifs is 3. The molecule has 8 nitrogen and oxygen atoms in total. The number of nitrogens with one attached hydrogen (secondary N) is 2. The second-order valence-corrected chi connectivity index (χ2v) is 12.5. The van der Waals surface area contributed by atoms with E-state index in [1.807, 2.05) is 20.8 Å². The molecule has 2 amide bonds. The fraction of sp³-hybridized carbons (Fsp3) is 0.926. The summed E-state index contributed by atoms with van der Waals surface area (Å²) < 4.78 is 12.0. The van der Waals surface area contributed by atoms with Gasteiger partial charge >= 0.3 is 6.09 Å². The highest BCUT2D eigenvalue weighted by Crippen LogP contribution is 2.44. The third-order valence-electron chi connectivity index (χ3n) is 8.66. The van der Waals surface area contributed by atoms with Crippen molar-refractivity contribution < 1.29 is 19.1 Å². The number of hydrogen-bond donors (Lipinski definition) is 2. The molecule has 3 saturated heterocycles. The van der Waals surface area contributed by atoms with Crippen molar-refractivity contribution in [3.63, 3.8) is 0 Å². The summed E-state index contributed by atoms with van der Waals surface area (Å²) in [6.45, 7) is 15.0. The standard InChI is InChI=1S/C27H48N4O4/c1-5-30-15-17-31(18-16-30)19-27-13-11-26(12-14-27,20-34-27)29-23(32)22(21-9-7-6-8-10-21)28-24(33)35-25(2,3)4/h21-22H,5-20H2,1-4H3,(H,28,33)(H,29,32). The predicted molar refractivity (Wildman–Crippen MR) is 136 cm³/mol. The lowest BCUT2D eigenvalue weighted by atomic mass is 9.70. The molecule has 2 N–H and O–H groups in total. The number of alkyl carbamates (subject to hydrolysis) is 1. The summed E-state index contributed by atoms with van der Waals surface area (Å²) in [5.41, 5.74) is -0.982. The van der Waals surface area contributed by atoms with Gasteiger partial charge in [0.2, 0.25) is 5.91 Å². The molecule has 1 unspecified atom stereocenters. The van der Waals surface area contributed by atoms with Crippen LogP contribution in [0.4, 0.5) is 4.79 Å². The Morgan fingerprint density at radius 2 is 1.63 bits per heavy atom. The van der Waals surface area contributed by atoms with Gasteiger partial charge in [0.15, 0.2) is 0 Å². The Morgan fingerprint density at radius 1 is 1.00 bits per heavy atom. The Balaban J connectivity index is 1.34. The van der Waals surface area contributed by atoms with Crippen molar-refractivity contribution >= 4 is 12.0 Å². The molecule has 0 aromatic heterocycles. The molecule has 2 aliphatic carbocycles. The summed E-state index contributed by atoms with van der Waals surface area (Å²) in [6, 6.07) is -0.553. The first-order valence-electron chi connectivity index (χ1n) is 14.0. The molecule has 0 spiro atoms. The van der Waals surface area contributed by atoms with E-state index in [-0.39, 0.29) is 23.0 Å². The van der Waals surface area contributed by atoms with Crippen LogP contribution in [0, 0.1) is 5.92 Å². The Morgan fingerprint density at radius 3 is 2.17 bits per heavy atom. The minimum atomic E-state index is -0.594. The van der Waals surface area contributed by atoms with Gasteiger partial charge in [-0.05, 0) is 71.8 Å². The van der Waals surface area contributed by atoms with Gasteiger partial charge < -0.3 is 25.0 Å². The van der Waals surface area contributed by atoms with Crippen molar-refractivity contribution in [3.05, 3.63) is 0 Å². The Bertz CT molecular complexity index is 713. The van der Waals surface area contributed by atoms with E-state index >= 15 is 0 Å². The van der Waals surface area contributed by atoms with Crippen LogP contribution in [0.2, 0.25) is 0 Å². The summed E-state index contributed by atoms with van der Waals surface area (Å²) in [5, 5.41) is 6.30. The van der Waals surface area contributed by atoms with Crippen LogP contribution < -0.4 is 10.6 Å². The predicted octanol–water partition coefficient (Wildman–Crippen LogP) is 3.30. The molecule has 1 atom stereocenters. The molecule has 0 aromatic carbocycles. The summed E-state index contributed by atoms with van der Waals surface area (Å²) in [4.78, 5) is 31.3. The van der Waals surface area contributed by atoms with E-state index in [1.54, 1.807) is 0 Å². The van der Waals surface area contributed by atoms with Crippen LogP contribution in [0.3, 0.4) is 0 Å². The van der Waals surface area contributed by atoms with Crippen LogP contribution >= 0.6 is 0 Å². The molecule has 0 aromatic rings. The van der Waals surface area contributed by atoms with E-state index in [2.05, 4.69) is 27.4 Å². The number of likely N-dealkylation sites (N-methyl/N-ethyl adjacent to an activating group) is 1. The lowest BCUT2D eigenvalue weighted by molar-refractivity contribution is -0.176. The van der Waals surface area contributed by atoms with Gasteiger partial charge in [-0.3, -0.25) is 9.69 Å². The quantitative estimate of drug-likeness (QED) is 0.568. The number of rotatable bonds is 7.